The zero-order valence-corrected chi connectivity index (χ0v) is 15.3. The Labute approximate surface area is 161 Å². The molecule has 2 aromatic heterocycles. The molecule has 0 unspecified atom stereocenters. The maximum Gasteiger partial charge on any atom is 0.321 e. The summed E-state index contributed by atoms with van der Waals surface area (Å²) in [6.45, 7) is 2.60. The van der Waals surface area contributed by atoms with Gasteiger partial charge < -0.3 is 15.1 Å². The van der Waals surface area contributed by atoms with Gasteiger partial charge in [-0.15, -0.1) is 10.2 Å². The molecule has 0 bridgehead atoms. The lowest BCUT2D eigenvalue weighted by Gasteiger charge is -2.35. The smallest absolute Gasteiger partial charge is 0.321 e. The Kier molecular flexibility index (Phi) is 4.07. The van der Waals surface area contributed by atoms with Gasteiger partial charge >= 0.3 is 6.03 Å². The number of piperazine rings is 1. The van der Waals surface area contributed by atoms with Crippen molar-refractivity contribution in [2.45, 2.75) is 18.8 Å². The molecule has 2 fully saturated rings. The molecule has 2 amide bonds. The number of urea groups is 1. The molecule has 5 rings (SSSR count). The molecule has 0 radical (unpaired) electrons. The fourth-order valence-electron chi connectivity index (χ4n) is 3.47. The zero-order valence-electron chi connectivity index (χ0n) is 15.3. The number of hydrogen-bond donors (Lipinski definition) is 1. The Hall–Kier alpha value is -3.23. The first-order valence-corrected chi connectivity index (χ1v) is 9.45. The van der Waals surface area contributed by atoms with Crippen molar-refractivity contribution in [3.05, 3.63) is 48.2 Å². The van der Waals surface area contributed by atoms with Crippen molar-refractivity contribution in [2.24, 2.45) is 0 Å². The van der Waals surface area contributed by atoms with E-state index in [2.05, 4.69) is 25.5 Å². The van der Waals surface area contributed by atoms with E-state index in [1.54, 1.807) is 17.0 Å². The first-order valence-electron chi connectivity index (χ1n) is 9.45. The molecule has 9 heteroatoms. The lowest BCUT2D eigenvalue weighted by atomic mass is 10.3. The number of rotatable bonds is 3. The molecule has 3 heterocycles. The first-order chi connectivity index (χ1) is 13.7. The van der Waals surface area contributed by atoms with Crippen LogP contribution in [0.15, 0.2) is 36.5 Å². The van der Waals surface area contributed by atoms with Crippen molar-refractivity contribution < 1.29 is 9.18 Å². The minimum atomic E-state index is -0.325. The zero-order chi connectivity index (χ0) is 19.1. The molecule has 1 aliphatic carbocycles. The summed E-state index contributed by atoms with van der Waals surface area (Å²) >= 11 is 0. The molecule has 1 aromatic carbocycles. The molecule has 144 valence electrons. The van der Waals surface area contributed by atoms with Gasteiger partial charge in [-0.25, -0.2) is 9.18 Å². The number of benzene rings is 1. The van der Waals surface area contributed by atoms with Gasteiger partial charge in [0.15, 0.2) is 11.5 Å². The quantitative estimate of drug-likeness (QED) is 0.754. The third kappa shape index (κ3) is 3.23. The largest absolute Gasteiger partial charge is 0.367 e. The number of carbonyl (C=O) groups is 1. The number of aromatic nitrogens is 4. The van der Waals surface area contributed by atoms with Gasteiger partial charge in [0.2, 0.25) is 0 Å². The topological polar surface area (TPSA) is 78.7 Å². The van der Waals surface area contributed by atoms with E-state index in [1.807, 2.05) is 16.8 Å². The van der Waals surface area contributed by atoms with Gasteiger partial charge in [0.25, 0.3) is 0 Å². The predicted octanol–water partition coefficient (Wildman–Crippen LogP) is 2.49. The second-order valence-corrected chi connectivity index (χ2v) is 7.23. The van der Waals surface area contributed by atoms with E-state index in [0.29, 0.717) is 37.8 Å². The molecule has 0 atom stereocenters. The predicted molar refractivity (Wildman–Crippen MR) is 102 cm³/mol. The molecule has 28 heavy (non-hydrogen) atoms. The molecule has 2 aliphatic rings. The number of carbonyl (C=O) groups excluding carboxylic acids is 1. The maximum atomic E-state index is 13.0. The molecule has 1 saturated heterocycles. The summed E-state index contributed by atoms with van der Waals surface area (Å²) in [6.07, 6.45) is 4.16. The first kappa shape index (κ1) is 16.9. The number of nitrogens with one attached hydrogen (secondary N) is 1. The minimum absolute atomic E-state index is 0.175. The summed E-state index contributed by atoms with van der Waals surface area (Å²) in [6, 6.07) is 7.59. The molecular weight excluding hydrogens is 361 g/mol. The summed E-state index contributed by atoms with van der Waals surface area (Å²) in [4.78, 5) is 16.4. The van der Waals surface area contributed by atoms with E-state index in [9.17, 15) is 9.18 Å². The Morgan fingerprint density at radius 2 is 1.82 bits per heavy atom. The van der Waals surface area contributed by atoms with Gasteiger partial charge in [0.05, 0.1) is 11.9 Å². The lowest BCUT2D eigenvalue weighted by molar-refractivity contribution is 0.208. The minimum Gasteiger partial charge on any atom is -0.367 e. The van der Waals surface area contributed by atoms with E-state index in [-0.39, 0.29) is 11.8 Å². The van der Waals surface area contributed by atoms with Crippen LogP contribution in [-0.4, -0.2) is 56.9 Å². The van der Waals surface area contributed by atoms with Crippen LogP contribution in [0, 0.1) is 5.82 Å². The van der Waals surface area contributed by atoms with Gasteiger partial charge in [-0.05, 0) is 37.1 Å². The number of fused-ring (bicyclic) bond motifs is 1. The van der Waals surface area contributed by atoms with E-state index in [1.165, 1.54) is 12.1 Å². The van der Waals surface area contributed by atoms with Crippen molar-refractivity contribution in [1.82, 2.24) is 24.7 Å². The van der Waals surface area contributed by atoms with Gasteiger partial charge in [0.1, 0.15) is 5.82 Å². The number of halogens is 1. The summed E-state index contributed by atoms with van der Waals surface area (Å²) in [5.74, 6) is 1.12. The van der Waals surface area contributed by atoms with Crippen LogP contribution in [-0.2, 0) is 0 Å². The molecule has 3 aromatic rings. The van der Waals surface area contributed by atoms with Crippen LogP contribution in [0.2, 0.25) is 0 Å². The standard InChI is InChI=1S/C19H20FN7O/c20-14-3-5-15(6-4-14)22-19(28)26-9-7-25(8-10-26)16-11-17-23-24-18(13-1-2-13)27(17)21-12-16/h3-6,11-13H,1-2,7-10H2,(H,22,28). The molecule has 1 N–H and O–H groups in total. The third-order valence-corrected chi connectivity index (χ3v) is 5.24. The molecule has 0 spiro atoms. The Bertz CT molecular complexity index is 1010. The normalized spacial score (nSPS) is 17.2. The Morgan fingerprint density at radius 1 is 1.07 bits per heavy atom. The average molecular weight is 381 g/mol. The van der Waals surface area contributed by atoms with Gasteiger partial charge in [-0.2, -0.15) is 9.61 Å². The SMILES string of the molecule is O=C(Nc1ccc(F)cc1)N1CCN(c2cnn3c(C4CC4)nnc3c2)CC1. The monoisotopic (exact) mass is 381 g/mol. The van der Waals surface area contributed by atoms with E-state index in [0.717, 1.165) is 30.0 Å². The summed E-state index contributed by atoms with van der Waals surface area (Å²) in [7, 11) is 0. The van der Waals surface area contributed by atoms with Crippen molar-refractivity contribution in [1.29, 1.82) is 0 Å². The Balaban J connectivity index is 1.22. The lowest BCUT2D eigenvalue weighted by Crippen LogP contribution is -2.50. The van der Waals surface area contributed by atoms with Gasteiger partial charge in [0, 0.05) is 43.9 Å². The highest BCUT2D eigenvalue weighted by Gasteiger charge is 2.29. The van der Waals surface area contributed by atoms with Crippen LogP contribution >= 0.6 is 0 Å². The van der Waals surface area contributed by atoms with Crippen LogP contribution in [0.1, 0.15) is 24.6 Å². The fourth-order valence-corrected chi connectivity index (χ4v) is 3.47. The van der Waals surface area contributed by atoms with Gasteiger partial charge in [-0.1, -0.05) is 0 Å². The van der Waals surface area contributed by atoms with E-state index < -0.39 is 0 Å². The highest BCUT2D eigenvalue weighted by atomic mass is 19.1. The number of nitrogens with zero attached hydrogens (tertiary/aromatic N) is 6. The summed E-state index contributed by atoms with van der Waals surface area (Å²) in [5.41, 5.74) is 2.33. The van der Waals surface area contributed by atoms with Crippen LogP contribution < -0.4 is 10.2 Å². The number of anilines is 2. The average Bonchev–Trinajstić information content (AvgIpc) is 3.48. The van der Waals surface area contributed by atoms with Gasteiger partial charge in [-0.3, -0.25) is 0 Å². The van der Waals surface area contributed by atoms with Crippen molar-refractivity contribution in [3.63, 3.8) is 0 Å². The molecule has 1 aliphatic heterocycles. The van der Waals surface area contributed by atoms with Crippen molar-refractivity contribution in [3.8, 4) is 0 Å². The summed E-state index contributed by atoms with van der Waals surface area (Å²) in [5, 5.41) is 15.9. The van der Waals surface area contributed by atoms with E-state index >= 15 is 0 Å². The fraction of sp³-hybridized carbons (Fsp3) is 0.368. The van der Waals surface area contributed by atoms with Crippen LogP contribution in [0.3, 0.4) is 0 Å². The second-order valence-electron chi connectivity index (χ2n) is 7.23. The summed E-state index contributed by atoms with van der Waals surface area (Å²) < 4.78 is 14.8. The molecular formula is C19H20FN7O. The van der Waals surface area contributed by atoms with Crippen LogP contribution in [0.5, 0.6) is 0 Å². The van der Waals surface area contributed by atoms with Crippen LogP contribution in [0.25, 0.3) is 5.65 Å². The number of amides is 2. The van der Waals surface area contributed by atoms with Crippen molar-refractivity contribution >= 4 is 23.1 Å². The second kappa shape index (κ2) is 6.74. The highest BCUT2D eigenvalue weighted by Crippen LogP contribution is 2.38. The van der Waals surface area contributed by atoms with E-state index in [4.69, 9.17) is 0 Å². The molecule has 1 saturated carbocycles. The number of hydrogen-bond acceptors (Lipinski definition) is 5. The molecule has 8 nitrogen and oxygen atoms in total. The Morgan fingerprint density at radius 3 is 2.54 bits per heavy atom. The van der Waals surface area contributed by atoms with Crippen molar-refractivity contribution in [2.75, 3.05) is 36.4 Å². The highest BCUT2D eigenvalue weighted by molar-refractivity contribution is 5.89. The third-order valence-electron chi connectivity index (χ3n) is 5.24. The van der Waals surface area contributed by atoms with Crippen LogP contribution in [0.4, 0.5) is 20.6 Å². The maximum absolute atomic E-state index is 13.0.